The van der Waals surface area contributed by atoms with E-state index in [0.717, 1.165) is 43.0 Å². The summed E-state index contributed by atoms with van der Waals surface area (Å²) in [5.74, 6) is 0.128. The molecule has 1 fully saturated rings. The Labute approximate surface area is 213 Å². The van der Waals surface area contributed by atoms with Gasteiger partial charge in [-0.05, 0) is 43.2 Å². The van der Waals surface area contributed by atoms with Crippen LogP contribution in [0.4, 0.5) is 5.95 Å². The fourth-order valence-electron chi connectivity index (χ4n) is 4.13. The Morgan fingerprint density at radius 2 is 1.76 bits per heavy atom. The summed E-state index contributed by atoms with van der Waals surface area (Å²) in [5.41, 5.74) is 11.1. The topological polar surface area (TPSA) is 163 Å². The molecule has 1 saturated heterocycles. The molecule has 4 heterocycles. The summed E-state index contributed by atoms with van der Waals surface area (Å²) in [5, 5.41) is 17.7. The second kappa shape index (κ2) is 11.3. The van der Waals surface area contributed by atoms with Gasteiger partial charge in [0.1, 0.15) is 5.69 Å². The van der Waals surface area contributed by atoms with Crippen LogP contribution in [0, 0.1) is 11.3 Å². The van der Waals surface area contributed by atoms with Gasteiger partial charge in [-0.25, -0.2) is 14.6 Å². The van der Waals surface area contributed by atoms with Crippen LogP contribution in [0.2, 0.25) is 0 Å². The number of pyridine rings is 1. The summed E-state index contributed by atoms with van der Waals surface area (Å²) in [4.78, 5) is 29.8. The molecule has 0 radical (unpaired) electrons. The van der Waals surface area contributed by atoms with Crippen LogP contribution in [0.15, 0.2) is 54.7 Å². The van der Waals surface area contributed by atoms with Crippen molar-refractivity contribution in [2.75, 3.05) is 18.9 Å². The Morgan fingerprint density at radius 3 is 2.51 bits per heavy atom. The number of nitriles is 1. The standard InChI is InChI=1S/C25H24N8O.CO2/c1-25(8-10-34-11-9-25)23-7-3-6-19(28-23)15-33-16-22(31-32-33)21-13-20(29-24(27)30-21)18-5-2-4-17(12-18)14-26;2-1-3/h2-7,12-13,16H,8-11,15H2,1H3,(H2,27,29,30);. The average molecular weight is 497 g/mol. The molecule has 0 aliphatic carbocycles. The number of nitrogens with zero attached hydrogens (tertiary/aromatic N) is 7. The first kappa shape index (κ1) is 25.3. The van der Waals surface area contributed by atoms with Crippen molar-refractivity contribution in [3.05, 3.63) is 71.7 Å². The molecule has 1 aromatic carbocycles. The molecule has 4 aromatic rings. The molecular formula is C26H24N8O3. The Morgan fingerprint density at radius 1 is 1.03 bits per heavy atom. The summed E-state index contributed by atoms with van der Waals surface area (Å²) in [6.45, 7) is 4.27. The number of hydrogen-bond acceptors (Lipinski definition) is 10. The Kier molecular flexibility index (Phi) is 7.74. The lowest BCUT2D eigenvalue weighted by molar-refractivity contribution is -0.191. The second-order valence-corrected chi connectivity index (χ2v) is 8.76. The maximum Gasteiger partial charge on any atom is 0.373 e. The highest BCUT2D eigenvalue weighted by molar-refractivity contribution is 5.68. The number of benzene rings is 1. The molecule has 5 rings (SSSR count). The summed E-state index contributed by atoms with van der Waals surface area (Å²) < 4.78 is 7.27. The van der Waals surface area contributed by atoms with Crippen molar-refractivity contribution in [1.29, 1.82) is 5.26 Å². The van der Waals surface area contributed by atoms with Gasteiger partial charge < -0.3 is 10.5 Å². The highest BCUT2D eigenvalue weighted by Gasteiger charge is 2.30. The van der Waals surface area contributed by atoms with Gasteiger partial charge in [-0.15, -0.1) is 5.10 Å². The number of hydrogen-bond donors (Lipinski definition) is 1. The van der Waals surface area contributed by atoms with Gasteiger partial charge in [0.15, 0.2) is 0 Å². The van der Waals surface area contributed by atoms with E-state index in [1.165, 1.54) is 0 Å². The highest BCUT2D eigenvalue weighted by atomic mass is 16.5. The average Bonchev–Trinajstić information content (AvgIpc) is 3.38. The van der Waals surface area contributed by atoms with Crippen LogP contribution in [0.5, 0.6) is 0 Å². The van der Waals surface area contributed by atoms with Crippen molar-refractivity contribution in [3.63, 3.8) is 0 Å². The molecule has 0 atom stereocenters. The Balaban J connectivity index is 0.00000102. The smallest absolute Gasteiger partial charge is 0.373 e. The summed E-state index contributed by atoms with van der Waals surface area (Å²) in [6.07, 6.45) is 4.00. The monoisotopic (exact) mass is 496 g/mol. The minimum Gasteiger partial charge on any atom is -0.381 e. The van der Waals surface area contributed by atoms with Crippen molar-refractivity contribution >= 4 is 12.1 Å². The van der Waals surface area contributed by atoms with E-state index < -0.39 is 0 Å². The van der Waals surface area contributed by atoms with E-state index in [4.69, 9.17) is 25.0 Å². The van der Waals surface area contributed by atoms with Crippen molar-refractivity contribution in [2.24, 2.45) is 0 Å². The first-order valence-electron chi connectivity index (χ1n) is 11.5. The molecular weight excluding hydrogens is 472 g/mol. The van der Waals surface area contributed by atoms with E-state index in [1.54, 1.807) is 22.9 Å². The third kappa shape index (κ3) is 6.08. The summed E-state index contributed by atoms with van der Waals surface area (Å²) in [7, 11) is 0. The van der Waals surface area contributed by atoms with Crippen molar-refractivity contribution in [3.8, 4) is 28.7 Å². The molecule has 1 aliphatic rings. The maximum absolute atomic E-state index is 9.19. The molecule has 0 unspecified atom stereocenters. The molecule has 0 spiro atoms. The van der Waals surface area contributed by atoms with E-state index in [1.807, 2.05) is 30.5 Å². The third-order valence-electron chi connectivity index (χ3n) is 6.18. The Hall–Kier alpha value is -4.78. The van der Waals surface area contributed by atoms with Gasteiger partial charge in [-0.3, -0.25) is 4.98 Å². The molecule has 0 amide bonds. The molecule has 0 bridgehead atoms. The van der Waals surface area contributed by atoms with Gasteiger partial charge in [0.25, 0.3) is 0 Å². The summed E-state index contributed by atoms with van der Waals surface area (Å²) >= 11 is 0. The molecule has 37 heavy (non-hydrogen) atoms. The normalized spacial score (nSPS) is 14.1. The largest absolute Gasteiger partial charge is 0.381 e. The van der Waals surface area contributed by atoms with Gasteiger partial charge in [-0.1, -0.05) is 30.3 Å². The van der Waals surface area contributed by atoms with Crippen molar-refractivity contribution in [1.82, 2.24) is 29.9 Å². The van der Waals surface area contributed by atoms with Gasteiger partial charge in [-0.2, -0.15) is 14.9 Å². The quantitative estimate of drug-likeness (QED) is 0.434. The van der Waals surface area contributed by atoms with Crippen LogP contribution in [-0.4, -0.2) is 49.3 Å². The molecule has 0 saturated carbocycles. The zero-order chi connectivity index (χ0) is 26.3. The Bertz CT molecular complexity index is 1460. The number of ether oxygens (including phenoxy) is 1. The number of aromatic nitrogens is 6. The zero-order valence-electron chi connectivity index (χ0n) is 20.2. The molecule has 2 N–H and O–H groups in total. The minimum atomic E-state index is 0.0273. The lowest BCUT2D eigenvalue weighted by Gasteiger charge is -2.33. The van der Waals surface area contributed by atoms with Crippen LogP contribution in [0.25, 0.3) is 22.6 Å². The predicted octanol–water partition coefficient (Wildman–Crippen LogP) is 2.78. The fraction of sp³-hybridized carbons (Fsp3) is 0.269. The van der Waals surface area contributed by atoms with E-state index in [9.17, 15) is 5.26 Å². The van der Waals surface area contributed by atoms with E-state index >= 15 is 0 Å². The molecule has 1 aliphatic heterocycles. The van der Waals surface area contributed by atoms with E-state index in [2.05, 4.69) is 39.3 Å². The van der Waals surface area contributed by atoms with Gasteiger partial charge in [0, 0.05) is 29.9 Å². The first-order chi connectivity index (χ1) is 17.9. The minimum absolute atomic E-state index is 0.0273. The molecule has 11 heteroatoms. The van der Waals surface area contributed by atoms with Gasteiger partial charge in [0.05, 0.1) is 41.5 Å². The number of nitrogens with two attached hydrogens (primary N) is 1. The first-order valence-corrected chi connectivity index (χ1v) is 11.5. The summed E-state index contributed by atoms with van der Waals surface area (Å²) in [6, 6.07) is 17.3. The molecule has 186 valence electrons. The zero-order valence-corrected chi connectivity index (χ0v) is 20.2. The van der Waals surface area contributed by atoms with Crippen LogP contribution in [0.3, 0.4) is 0 Å². The van der Waals surface area contributed by atoms with Crippen LogP contribution >= 0.6 is 0 Å². The van der Waals surface area contributed by atoms with Crippen LogP contribution in [0.1, 0.15) is 36.7 Å². The van der Waals surface area contributed by atoms with E-state index in [0.29, 0.717) is 29.2 Å². The molecule has 11 nitrogen and oxygen atoms in total. The van der Waals surface area contributed by atoms with Gasteiger partial charge in [0.2, 0.25) is 5.95 Å². The number of rotatable bonds is 5. The maximum atomic E-state index is 9.19. The fourth-order valence-corrected chi connectivity index (χ4v) is 4.13. The van der Waals surface area contributed by atoms with E-state index in [-0.39, 0.29) is 17.5 Å². The number of carbonyl (C=O) groups excluding carboxylic acids is 2. The van der Waals surface area contributed by atoms with Gasteiger partial charge >= 0.3 is 6.15 Å². The van der Waals surface area contributed by atoms with Crippen molar-refractivity contribution in [2.45, 2.75) is 31.7 Å². The van der Waals surface area contributed by atoms with Crippen LogP contribution < -0.4 is 5.73 Å². The molecule has 3 aromatic heterocycles. The lowest BCUT2D eigenvalue weighted by Crippen LogP contribution is -2.31. The van der Waals surface area contributed by atoms with Crippen molar-refractivity contribution < 1.29 is 14.3 Å². The second-order valence-electron chi connectivity index (χ2n) is 8.76. The predicted molar refractivity (Wildman–Crippen MR) is 131 cm³/mol. The number of anilines is 1. The number of nitrogen functional groups attached to an aromatic ring is 1. The lowest BCUT2D eigenvalue weighted by atomic mass is 9.79. The van der Waals surface area contributed by atoms with Crippen LogP contribution in [-0.2, 0) is 26.3 Å². The SMILES string of the molecule is CC1(c2cccc(Cn3cc(-c4cc(-c5cccc(C#N)c5)nc(N)n4)nn3)n2)CCOCC1.O=C=O. The highest BCUT2D eigenvalue weighted by Crippen LogP contribution is 2.33. The third-order valence-corrected chi connectivity index (χ3v) is 6.18.